The minimum Gasteiger partial charge on any atom is -0.378 e. The van der Waals surface area contributed by atoms with Crippen molar-refractivity contribution in [3.05, 3.63) is 51.2 Å². The molecule has 1 amide bonds. The fourth-order valence-electron chi connectivity index (χ4n) is 4.85. The maximum Gasteiger partial charge on any atom is 0.269 e. The number of rotatable bonds is 4. The van der Waals surface area contributed by atoms with E-state index in [2.05, 4.69) is 16.7 Å². The Morgan fingerprint density at radius 3 is 2.41 bits per heavy atom. The first-order valence-electron chi connectivity index (χ1n) is 12.0. The van der Waals surface area contributed by atoms with Gasteiger partial charge in [-0.2, -0.15) is 4.98 Å². The van der Waals surface area contributed by atoms with E-state index in [0.717, 1.165) is 62.0 Å². The van der Waals surface area contributed by atoms with Crippen molar-refractivity contribution in [3.63, 3.8) is 0 Å². The van der Waals surface area contributed by atoms with Crippen molar-refractivity contribution in [2.75, 3.05) is 55.7 Å². The molecule has 2 aromatic rings. The van der Waals surface area contributed by atoms with Crippen LogP contribution in [-0.2, 0) is 17.7 Å². The number of anilines is 2. The van der Waals surface area contributed by atoms with Crippen LogP contribution in [0, 0.1) is 16.0 Å². The Labute approximate surface area is 198 Å². The zero-order valence-electron chi connectivity index (χ0n) is 19.5. The summed E-state index contributed by atoms with van der Waals surface area (Å²) >= 11 is 0. The highest BCUT2D eigenvalue weighted by atomic mass is 16.6. The van der Waals surface area contributed by atoms with Gasteiger partial charge in [-0.1, -0.05) is 6.92 Å². The fourth-order valence-corrected chi connectivity index (χ4v) is 4.85. The number of morpholine rings is 1. The molecule has 10 heteroatoms. The van der Waals surface area contributed by atoms with Crippen LogP contribution in [0.15, 0.2) is 24.3 Å². The number of non-ortho nitro benzene ring substituents is 1. The second-order valence-electron chi connectivity index (χ2n) is 9.32. The number of hydrogen-bond acceptors (Lipinski definition) is 8. The number of carbonyl (C=O) groups excluding carboxylic acids is 1. The van der Waals surface area contributed by atoms with Gasteiger partial charge in [0.15, 0.2) is 0 Å². The number of nitrogens with zero attached hydrogens (tertiary/aromatic N) is 6. The minimum atomic E-state index is -0.458. The summed E-state index contributed by atoms with van der Waals surface area (Å²) in [6.07, 6.45) is 2.90. The Morgan fingerprint density at radius 2 is 1.74 bits per heavy atom. The molecule has 1 aromatic heterocycles. The van der Waals surface area contributed by atoms with Gasteiger partial charge in [0.1, 0.15) is 5.82 Å². The summed E-state index contributed by atoms with van der Waals surface area (Å²) in [5.74, 6) is 2.27. The normalized spacial score (nSPS) is 19.1. The molecule has 0 bridgehead atoms. The average Bonchev–Trinajstić information content (AvgIpc) is 2.88. The topological polar surface area (TPSA) is 105 Å². The molecular weight excluding hydrogens is 436 g/mol. The molecule has 0 unspecified atom stereocenters. The first kappa shape index (κ1) is 22.5. The lowest BCUT2D eigenvalue weighted by molar-refractivity contribution is -0.384. The Hall–Kier alpha value is -3.27. The average molecular weight is 467 g/mol. The van der Waals surface area contributed by atoms with Gasteiger partial charge in [-0.25, -0.2) is 4.98 Å². The largest absolute Gasteiger partial charge is 0.378 e. The Kier molecular flexibility index (Phi) is 6.32. The van der Waals surface area contributed by atoms with Crippen molar-refractivity contribution in [1.82, 2.24) is 14.9 Å². The first-order valence-corrected chi connectivity index (χ1v) is 12.0. The lowest BCUT2D eigenvalue weighted by Crippen LogP contribution is -2.42. The summed E-state index contributed by atoms with van der Waals surface area (Å²) in [5.41, 5.74) is 2.46. The van der Waals surface area contributed by atoms with Crippen molar-refractivity contribution >= 4 is 23.4 Å². The Morgan fingerprint density at radius 1 is 1.03 bits per heavy atom. The standard InChI is InChI=1S/C24H30N6O4/c1-17-6-9-27(10-7-17)22-20-16-29(23(31)18-2-4-19(5-3-18)30(32)33)11-8-21(20)25-24(26-22)28-12-14-34-15-13-28/h2-5,17H,6-16H2,1H3. The van der Waals surface area contributed by atoms with Crippen molar-refractivity contribution in [3.8, 4) is 0 Å². The van der Waals surface area contributed by atoms with E-state index in [1.54, 1.807) is 4.90 Å². The molecule has 10 nitrogen and oxygen atoms in total. The van der Waals surface area contributed by atoms with Crippen LogP contribution < -0.4 is 9.80 Å². The summed E-state index contributed by atoms with van der Waals surface area (Å²) in [5, 5.41) is 11.0. The van der Waals surface area contributed by atoms with Crippen LogP contribution >= 0.6 is 0 Å². The van der Waals surface area contributed by atoms with Crippen molar-refractivity contribution in [2.24, 2.45) is 5.92 Å². The summed E-state index contributed by atoms with van der Waals surface area (Å²) < 4.78 is 5.51. The molecule has 0 aliphatic carbocycles. The van der Waals surface area contributed by atoms with Crippen molar-refractivity contribution in [1.29, 1.82) is 0 Å². The van der Waals surface area contributed by atoms with E-state index in [1.807, 2.05) is 0 Å². The number of hydrogen-bond donors (Lipinski definition) is 0. The molecule has 0 N–H and O–H groups in total. The number of nitro benzene ring substituents is 1. The third-order valence-electron chi connectivity index (χ3n) is 7.02. The van der Waals surface area contributed by atoms with Crippen LogP contribution in [-0.4, -0.2) is 71.6 Å². The maximum absolute atomic E-state index is 13.2. The van der Waals surface area contributed by atoms with E-state index >= 15 is 0 Å². The number of nitro groups is 1. The number of carbonyl (C=O) groups is 1. The van der Waals surface area contributed by atoms with Crippen LogP contribution in [0.2, 0.25) is 0 Å². The predicted octanol–water partition coefficient (Wildman–Crippen LogP) is 2.66. The lowest BCUT2D eigenvalue weighted by atomic mass is 9.98. The number of ether oxygens (including phenoxy) is 1. The molecule has 0 saturated carbocycles. The minimum absolute atomic E-state index is 0.0220. The zero-order valence-corrected chi connectivity index (χ0v) is 19.5. The van der Waals surface area contributed by atoms with E-state index in [0.29, 0.717) is 44.2 Å². The van der Waals surface area contributed by atoms with Gasteiger partial charge in [-0.3, -0.25) is 14.9 Å². The third kappa shape index (κ3) is 4.54. The monoisotopic (exact) mass is 466 g/mol. The van der Waals surface area contributed by atoms with Gasteiger partial charge in [-0.15, -0.1) is 0 Å². The van der Waals surface area contributed by atoms with E-state index in [-0.39, 0.29) is 11.6 Å². The third-order valence-corrected chi connectivity index (χ3v) is 7.02. The quantitative estimate of drug-likeness (QED) is 0.500. The maximum atomic E-state index is 13.2. The van der Waals surface area contributed by atoms with Gasteiger partial charge in [0.2, 0.25) is 5.95 Å². The van der Waals surface area contributed by atoms with E-state index < -0.39 is 4.92 Å². The zero-order chi connectivity index (χ0) is 23.7. The molecule has 0 atom stereocenters. The van der Waals surface area contributed by atoms with E-state index in [1.165, 1.54) is 24.3 Å². The van der Waals surface area contributed by atoms with Gasteiger partial charge < -0.3 is 19.4 Å². The van der Waals surface area contributed by atoms with Gasteiger partial charge in [-0.05, 0) is 30.9 Å². The van der Waals surface area contributed by atoms with E-state index in [9.17, 15) is 14.9 Å². The second-order valence-corrected chi connectivity index (χ2v) is 9.32. The van der Waals surface area contributed by atoms with Crippen LogP contribution in [0.4, 0.5) is 17.5 Å². The van der Waals surface area contributed by atoms with Crippen molar-refractivity contribution < 1.29 is 14.5 Å². The number of aromatic nitrogens is 2. The SMILES string of the molecule is CC1CCN(c2nc(N3CCOCC3)nc3c2CN(C(=O)c2ccc([N+](=O)[O-])cc2)CC3)CC1. The molecule has 34 heavy (non-hydrogen) atoms. The first-order chi connectivity index (χ1) is 16.5. The molecule has 1 aromatic carbocycles. The molecule has 2 fully saturated rings. The predicted molar refractivity (Wildman–Crippen MR) is 127 cm³/mol. The second kappa shape index (κ2) is 9.54. The molecule has 0 spiro atoms. The fraction of sp³-hybridized carbons (Fsp3) is 0.542. The summed E-state index contributed by atoms with van der Waals surface area (Å²) in [4.78, 5) is 40.0. The summed E-state index contributed by atoms with van der Waals surface area (Å²) in [6, 6.07) is 5.81. The highest BCUT2D eigenvalue weighted by molar-refractivity contribution is 5.94. The Bertz CT molecular complexity index is 1060. The number of piperidine rings is 1. The molecule has 2 saturated heterocycles. The molecular formula is C24H30N6O4. The molecule has 4 heterocycles. The van der Waals surface area contributed by atoms with Gasteiger partial charge >= 0.3 is 0 Å². The van der Waals surface area contributed by atoms with Crippen molar-refractivity contribution in [2.45, 2.75) is 32.7 Å². The van der Waals surface area contributed by atoms with E-state index in [4.69, 9.17) is 14.7 Å². The highest BCUT2D eigenvalue weighted by Gasteiger charge is 2.30. The number of fused-ring (bicyclic) bond motifs is 1. The van der Waals surface area contributed by atoms with Crippen LogP contribution in [0.3, 0.4) is 0 Å². The van der Waals surface area contributed by atoms with Crippen LogP contribution in [0.25, 0.3) is 0 Å². The lowest BCUT2D eigenvalue weighted by Gasteiger charge is -2.37. The smallest absolute Gasteiger partial charge is 0.269 e. The molecule has 3 aliphatic heterocycles. The van der Waals surface area contributed by atoms with Crippen LogP contribution in [0.1, 0.15) is 41.4 Å². The number of benzene rings is 1. The molecule has 3 aliphatic rings. The number of amides is 1. The van der Waals surface area contributed by atoms with Gasteiger partial charge in [0, 0.05) is 62.4 Å². The molecule has 0 radical (unpaired) electrons. The van der Waals surface area contributed by atoms with Gasteiger partial charge in [0.25, 0.3) is 11.6 Å². The summed E-state index contributed by atoms with van der Waals surface area (Å²) in [6.45, 7) is 8.08. The molecule has 180 valence electrons. The van der Waals surface area contributed by atoms with Crippen LogP contribution in [0.5, 0.6) is 0 Å². The summed E-state index contributed by atoms with van der Waals surface area (Å²) in [7, 11) is 0. The Balaban J connectivity index is 1.43. The van der Waals surface area contributed by atoms with Gasteiger partial charge in [0.05, 0.1) is 30.4 Å². The molecule has 5 rings (SSSR count). The highest BCUT2D eigenvalue weighted by Crippen LogP contribution is 2.32.